The van der Waals surface area contributed by atoms with Gasteiger partial charge in [0.2, 0.25) is 0 Å². The lowest BCUT2D eigenvalue weighted by molar-refractivity contribution is -0.697. The van der Waals surface area contributed by atoms with E-state index in [0.717, 1.165) is 52.9 Å². The Hall–Kier alpha value is -4.04. The van der Waals surface area contributed by atoms with Gasteiger partial charge in [-0.15, -0.1) is 0 Å². The summed E-state index contributed by atoms with van der Waals surface area (Å²) in [5.74, 6) is 0.0736. The second-order valence-corrected chi connectivity index (χ2v) is 9.87. The SMILES string of the molecule is CCc1c2c(nc3ccc(OCCC[n+]4ccccc4)cc13)-c1cc3c(c(=O)n1C2)COC(=O)[C@]3(O)CC. The monoisotopic (exact) mass is 512 g/mol. The molecule has 3 aromatic heterocycles. The minimum absolute atomic E-state index is 0.118. The zero-order valence-electron chi connectivity index (χ0n) is 21.6. The van der Waals surface area contributed by atoms with E-state index in [0.29, 0.717) is 30.0 Å². The smallest absolute Gasteiger partial charge is 0.343 e. The molecule has 1 atom stereocenters. The van der Waals surface area contributed by atoms with Crippen LogP contribution in [0.5, 0.6) is 5.75 Å². The first kappa shape index (κ1) is 24.3. The number of benzene rings is 1. The zero-order chi connectivity index (χ0) is 26.4. The molecule has 0 spiro atoms. The molecule has 1 N–H and O–H groups in total. The molecule has 0 bridgehead atoms. The molecule has 5 heterocycles. The number of carbonyl (C=O) groups is 1. The van der Waals surface area contributed by atoms with Crippen molar-refractivity contribution in [2.75, 3.05) is 6.61 Å². The number of aliphatic hydroxyl groups is 1. The Labute approximate surface area is 220 Å². The second kappa shape index (κ2) is 9.36. The van der Waals surface area contributed by atoms with Gasteiger partial charge < -0.3 is 19.1 Å². The fourth-order valence-corrected chi connectivity index (χ4v) is 5.66. The number of nitrogens with zero attached hydrogens (tertiary/aromatic N) is 3. The Kier molecular flexibility index (Phi) is 5.99. The maximum absolute atomic E-state index is 13.5. The molecule has 0 saturated heterocycles. The number of ether oxygens (including phenoxy) is 2. The highest BCUT2D eigenvalue weighted by Gasteiger charge is 2.45. The van der Waals surface area contributed by atoms with Crippen molar-refractivity contribution in [3.63, 3.8) is 0 Å². The van der Waals surface area contributed by atoms with Gasteiger partial charge in [0, 0.05) is 35.1 Å². The van der Waals surface area contributed by atoms with Gasteiger partial charge in [-0.05, 0) is 42.7 Å². The molecule has 6 rings (SSSR count). The van der Waals surface area contributed by atoms with Crippen molar-refractivity contribution < 1.29 is 23.9 Å². The largest absolute Gasteiger partial charge is 0.493 e. The number of hydrogen-bond acceptors (Lipinski definition) is 6. The number of pyridine rings is 3. The van der Waals surface area contributed by atoms with Crippen LogP contribution in [-0.2, 0) is 41.2 Å². The van der Waals surface area contributed by atoms with E-state index >= 15 is 0 Å². The molecule has 0 aliphatic carbocycles. The maximum Gasteiger partial charge on any atom is 0.343 e. The summed E-state index contributed by atoms with van der Waals surface area (Å²) in [6, 6.07) is 13.7. The molecule has 8 nitrogen and oxygen atoms in total. The summed E-state index contributed by atoms with van der Waals surface area (Å²) in [5.41, 5.74) is 2.86. The highest BCUT2D eigenvalue weighted by atomic mass is 16.6. The van der Waals surface area contributed by atoms with E-state index < -0.39 is 11.6 Å². The van der Waals surface area contributed by atoms with E-state index in [1.807, 2.05) is 48.8 Å². The lowest BCUT2D eigenvalue weighted by Gasteiger charge is -2.31. The summed E-state index contributed by atoms with van der Waals surface area (Å²) >= 11 is 0. The molecule has 0 amide bonds. The van der Waals surface area contributed by atoms with Crippen molar-refractivity contribution in [2.45, 2.75) is 58.4 Å². The summed E-state index contributed by atoms with van der Waals surface area (Å²) in [6.45, 7) is 5.53. The highest BCUT2D eigenvalue weighted by molar-refractivity contribution is 5.90. The standard InChI is InChI=1S/C30H30N3O5/c1-3-20-21-15-19(37-14-8-13-32-11-6-5-7-12-32)9-10-25(21)31-27-22(20)17-33-26(27)16-24-23(28(33)34)18-38-29(35)30(24,36)4-2/h5-7,9-12,15-16,36H,3-4,8,13-14,17-18H2,1-2H3/q+1/t30-/m0/s1. The first-order valence-corrected chi connectivity index (χ1v) is 13.1. The summed E-state index contributed by atoms with van der Waals surface area (Å²) in [6.07, 6.45) is 5.85. The molecular weight excluding hydrogens is 482 g/mol. The predicted molar refractivity (Wildman–Crippen MR) is 141 cm³/mol. The minimum Gasteiger partial charge on any atom is -0.493 e. The molecular formula is C30H30N3O5+. The van der Waals surface area contributed by atoms with Gasteiger partial charge in [-0.25, -0.2) is 14.3 Å². The zero-order valence-corrected chi connectivity index (χ0v) is 21.6. The minimum atomic E-state index is -1.83. The number of rotatable bonds is 7. The quantitative estimate of drug-likeness (QED) is 0.204. The molecule has 1 aromatic carbocycles. The second-order valence-electron chi connectivity index (χ2n) is 9.87. The van der Waals surface area contributed by atoms with E-state index in [4.69, 9.17) is 14.5 Å². The van der Waals surface area contributed by atoms with Crippen LogP contribution in [0.1, 0.15) is 48.9 Å². The Morgan fingerprint density at radius 1 is 1.13 bits per heavy atom. The molecule has 38 heavy (non-hydrogen) atoms. The number of aromatic nitrogens is 3. The van der Waals surface area contributed by atoms with Crippen LogP contribution >= 0.6 is 0 Å². The Morgan fingerprint density at radius 3 is 2.71 bits per heavy atom. The Bertz CT molecular complexity index is 1630. The first-order valence-electron chi connectivity index (χ1n) is 13.1. The van der Waals surface area contributed by atoms with Gasteiger partial charge in [0.1, 0.15) is 12.4 Å². The Morgan fingerprint density at radius 2 is 1.95 bits per heavy atom. The van der Waals surface area contributed by atoms with Crippen LogP contribution in [0, 0.1) is 0 Å². The average Bonchev–Trinajstić information content (AvgIpc) is 3.31. The average molecular weight is 513 g/mol. The maximum atomic E-state index is 13.5. The first-order chi connectivity index (χ1) is 18.4. The molecule has 2 aliphatic rings. The van der Waals surface area contributed by atoms with Crippen LogP contribution in [0.15, 0.2) is 59.7 Å². The summed E-state index contributed by atoms with van der Waals surface area (Å²) in [7, 11) is 0. The van der Waals surface area contributed by atoms with E-state index in [1.165, 1.54) is 0 Å². The molecule has 2 aliphatic heterocycles. The van der Waals surface area contributed by atoms with Crippen molar-refractivity contribution in [1.82, 2.24) is 9.55 Å². The summed E-state index contributed by atoms with van der Waals surface area (Å²) in [4.78, 5) is 30.9. The summed E-state index contributed by atoms with van der Waals surface area (Å²) < 4.78 is 15.1. The lowest BCUT2D eigenvalue weighted by atomic mass is 9.86. The van der Waals surface area contributed by atoms with E-state index in [9.17, 15) is 14.7 Å². The molecule has 194 valence electrons. The van der Waals surface area contributed by atoms with Crippen molar-refractivity contribution in [3.05, 3.63) is 87.5 Å². The van der Waals surface area contributed by atoms with Crippen molar-refractivity contribution in [3.8, 4) is 17.1 Å². The predicted octanol–water partition coefficient (Wildman–Crippen LogP) is 3.40. The third kappa shape index (κ3) is 3.79. The van der Waals surface area contributed by atoms with E-state index in [2.05, 4.69) is 11.5 Å². The number of cyclic esters (lactones) is 1. The van der Waals surface area contributed by atoms with Crippen molar-refractivity contribution in [1.29, 1.82) is 0 Å². The van der Waals surface area contributed by atoms with E-state index in [-0.39, 0.29) is 18.6 Å². The van der Waals surface area contributed by atoms with Crippen LogP contribution in [0.25, 0.3) is 22.3 Å². The topological polar surface area (TPSA) is 94.5 Å². The summed E-state index contributed by atoms with van der Waals surface area (Å²) in [5, 5.41) is 12.1. The number of carbonyl (C=O) groups excluding carboxylic acids is 1. The molecule has 0 radical (unpaired) electrons. The fourth-order valence-electron chi connectivity index (χ4n) is 5.66. The van der Waals surface area contributed by atoms with Gasteiger partial charge in [-0.3, -0.25) is 4.79 Å². The molecule has 0 fully saturated rings. The van der Waals surface area contributed by atoms with Crippen LogP contribution in [-0.4, -0.2) is 27.2 Å². The van der Waals surface area contributed by atoms with Crippen LogP contribution in [0.2, 0.25) is 0 Å². The lowest BCUT2D eigenvalue weighted by Crippen LogP contribution is -2.44. The molecule has 8 heteroatoms. The van der Waals surface area contributed by atoms with Crippen molar-refractivity contribution in [2.24, 2.45) is 0 Å². The van der Waals surface area contributed by atoms with Crippen LogP contribution in [0.4, 0.5) is 0 Å². The third-order valence-corrected chi connectivity index (χ3v) is 7.74. The fraction of sp³-hybridized carbons (Fsp3) is 0.333. The van der Waals surface area contributed by atoms with Gasteiger partial charge in [0.25, 0.3) is 5.56 Å². The number of esters is 1. The van der Waals surface area contributed by atoms with Crippen molar-refractivity contribution >= 4 is 16.9 Å². The molecule has 0 saturated carbocycles. The number of hydrogen-bond donors (Lipinski definition) is 1. The number of fused-ring (bicyclic) bond motifs is 5. The number of aryl methyl sites for hydroxylation is 2. The molecule has 0 unspecified atom stereocenters. The van der Waals surface area contributed by atoms with Gasteiger partial charge in [0.15, 0.2) is 24.5 Å². The normalized spacial score (nSPS) is 17.6. The van der Waals surface area contributed by atoms with Gasteiger partial charge in [-0.2, -0.15) is 0 Å². The van der Waals surface area contributed by atoms with Crippen LogP contribution in [0.3, 0.4) is 0 Å². The molecule has 4 aromatic rings. The highest BCUT2D eigenvalue weighted by Crippen LogP contribution is 2.40. The van der Waals surface area contributed by atoms with Gasteiger partial charge in [0.05, 0.1) is 35.6 Å². The van der Waals surface area contributed by atoms with Gasteiger partial charge in [-0.1, -0.05) is 19.9 Å². The third-order valence-electron chi connectivity index (χ3n) is 7.74. The Balaban J connectivity index is 1.35. The van der Waals surface area contributed by atoms with Gasteiger partial charge >= 0.3 is 5.97 Å². The van der Waals surface area contributed by atoms with E-state index in [1.54, 1.807) is 17.6 Å². The van der Waals surface area contributed by atoms with Crippen LogP contribution < -0.4 is 14.9 Å².